The molecule has 0 unspecified atom stereocenters. The van der Waals surface area contributed by atoms with E-state index in [0.717, 1.165) is 5.56 Å². The molecular formula is C18H15BrFNO3. The molecule has 2 rings (SSSR count). The summed E-state index contributed by atoms with van der Waals surface area (Å²) in [7, 11) is 0. The third-order valence-electron chi connectivity index (χ3n) is 3.04. The van der Waals surface area contributed by atoms with Crippen LogP contribution in [0.4, 0.5) is 10.1 Å². The number of benzene rings is 2. The lowest BCUT2D eigenvalue weighted by molar-refractivity contribution is -0.137. The van der Waals surface area contributed by atoms with Crippen LogP contribution in [0.25, 0.3) is 6.08 Å². The molecule has 0 heterocycles. The quantitative estimate of drug-likeness (QED) is 0.606. The van der Waals surface area contributed by atoms with Crippen molar-refractivity contribution in [3.05, 3.63) is 70.0 Å². The number of hydrogen-bond donors (Lipinski definition) is 1. The molecular weight excluding hydrogens is 377 g/mol. The van der Waals surface area contributed by atoms with Gasteiger partial charge in [-0.2, -0.15) is 0 Å². The molecule has 6 heteroatoms. The van der Waals surface area contributed by atoms with Gasteiger partial charge < -0.3 is 10.1 Å². The Morgan fingerprint density at radius 3 is 2.58 bits per heavy atom. The molecule has 0 saturated carbocycles. The topological polar surface area (TPSA) is 55.4 Å². The summed E-state index contributed by atoms with van der Waals surface area (Å²) in [5.41, 5.74) is 1.25. The summed E-state index contributed by atoms with van der Waals surface area (Å²) >= 11 is 3.21. The fraction of sp³-hybridized carbons (Fsp3) is 0.111. The SMILES string of the molecule is CCOC(=O)/C=C/c1ccc(NC(=O)c2cc(Br)ccc2F)cc1. The molecule has 24 heavy (non-hydrogen) atoms. The molecule has 1 N–H and O–H groups in total. The summed E-state index contributed by atoms with van der Waals surface area (Å²) in [6, 6.07) is 10.9. The van der Waals surface area contributed by atoms with Crippen molar-refractivity contribution >= 4 is 39.6 Å². The van der Waals surface area contributed by atoms with Crippen LogP contribution in [-0.4, -0.2) is 18.5 Å². The van der Waals surface area contributed by atoms with Gasteiger partial charge in [-0.15, -0.1) is 0 Å². The van der Waals surface area contributed by atoms with E-state index in [-0.39, 0.29) is 5.56 Å². The molecule has 0 saturated heterocycles. The average Bonchev–Trinajstić information content (AvgIpc) is 2.56. The van der Waals surface area contributed by atoms with Crippen LogP contribution >= 0.6 is 15.9 Å². The normalized spacial score (nSPS) is 10.6. The monoisotopic (exact) mass is 391 g/mol. The zero-order chi connectivity index (χ0) is 17.5. The van der Waals surface area contributed by atoms with E-state index in [1.165, 1.54) is 24.3 Å². The second-order valence-electron chi connectivity index (χ2n) is 4.79. The highest BCUT2D eigenvalue weighted by molar-refractivity contribution is 9.10. The standard InChI is InChI=1S/C18H15BrFNO3/c1-2-24-17(22)10-5-12-3-7-14(8-4-12)21-18(23)15-11-13(19)6-9-16(15)20/h3-11H,2H2,1H3,(H,21,23)/b10-5+. The van der Waals surface area contributed by atoms with Gasteiger partial charge in [0, 0.05) is 16.2 Å². The lowest BCUT2D eigenvalue weighted by atomic mass is 10.1. The van der Waals surface area contributed by atoms with Crippen LogP contribution in [-0.2, 0) is 9.53 Å². The third-order valence-corrected chi connectivity index (χ3v) is 3.53. The van der Waals surface area contributed by atoms with E-state index in [9.17, 15) is 14.0 Å². The van der Waals surface area contributed by atoms with E-state index in [2.05, 4.69) is 21.2 Å². The summed E-state index contributed by atoms with van der Waals surface area (Å²) in [5, 5.41) is 2.62. The second kappa shape index (κ2) is 8.40. The van der Waals surface area contributed by atoms with E-state index < -0.39 is 17.7 Å². The van der Waals surface area contributed by atoms with Crippen molar-refractivity contribution in [3.63, 3.8) is 0 Å². The van der Waals surface area contributed by atoms with Gasteiger partial charge in [-0.25, -0.2) is 9.18 Å². The fourth-order valence-electron chi connectivity index (χ4n) is 1.90. The Hall–Kier alpha value is -2.47. The van der Waals surface area contributed by atoms with Gasteiger partial charge in [-0.05, 0) is 48.9 Å². The van der Waals surface area contributed by atoms with Crippen molar-refractivity contribution in [3.8, 4) is 0 Å². The highest BCUT2D eigenvalue weighted by Gasteiger charge is 2.12. The van der Waals surface area contributed by atoms with Crippen LogP contribution < -0.4 is 5.32 Å². The predicted molar refractivity (Wildman–Crippen MR) is 94.2 cm³/mol. The number of halogens is 2. The second-order valence-corrected chi connectivity index (χ2v) is 5.70. The lowest BCUT2D eigenvalue weighted by Gasteiger charge is -2.07. The van der Waals surface area contributed by atoms with Crippen LogP contribution in [0.2, 0.25) is 0 Å². The summed E-state index contributed by atoms with van der Waals surface area (Å²) in [5.74, 6) is -1.55. The highest BCUT2D eigenvalue weighted by atomic mass is 79.9. The molecule has 124 valence electrons. The maximum Gasteiger partial charge on any atom is 0.330 e. The molecule has 0 aliphatic rings. The molecule has 0 bridgehead atoms. The third kappa shape index (κ3) is 5.03. The average molecular weight is 392 g/mol. The number of anilines is 1. The van der Waals surface area contributed by atoms with Crippen molar-refractivity contribution in [1.82, 2.24) is 0 Å². The maximum atomic E-state index is 13.7. The molecule has 0 fully saturated rings. The van der Waals surface area contributed by atoms with E-state index in [4.69, 9.17) is 4.74 Å². The molecule has 1 amide bonds. The van der Waals surface area contributed by atoms with E-state index >= 15 is 0 Å². The smallest absolute Gasteiger partial charge is 0.330 e. The van der Waals surface area contributed by atoms with Gasteiger partial charge in [0.25, 0.3) is 5.91 Å². The Kier molecular flexibility index (Phi) is 6.26. The number of hydrogen-bond acceptors (Lipinski definition) is 3. The summed E-state index contributed by atoms with van der Waals surface area (Å²) in [6.45, 7) is 2.05. The molecule has 0 atom stereocenters. The number of nitrogens with one attached hydrogen (secondary N) is 1. The molecule has 0 aliphatic carbocycles. The first kappa shape index (κ1) is 17.9. The van der Waals surface area contributed by atoms with Crippen LogP contribution in [0.1, 0.15) is 22.8 Å². The molecule has 0 aromatic heterocycles. The summed E-state index contributed by atoms with van der Waals surface area (Å²) < 4.78 is 19.1. The number of carbonyl (C=O) groups is 2. The van der Waals surface area contributed by atoms with E-state index in [1.54, 1.807) is 37.3 Å². The number of esters is 1. The zero-order valence-electron chi connectivity index (χ0n) is 12.9. The first-order chi connectivity index (χ1) is 11.5. The van der Waals surface area contributed by atoms with Gasteiger partial charge in [0.15, 0.2) is 0 Å². The Balaban J connectivity index is 2.05. The summed E-state index contributed by atoms with van der Waals surface area (Å²) in [4.78, 5) is 23.4. The van der Waals surface area contributed by atoms with Gasteiger partial charge in [-0.1, -0.05) is 28.1 Å². The number of carbonyl (C=O) groups excluding carboxylic acids is 2. The van der Waals surface area contributed by atoms with Crippen LogP contribution in [0, 0.1) is 5.82 Å². The molecule has 2 aromatic carbocycles. The Labute approximate surface area is 147 Å². The van der Waals surface area contributed by atoms with Crippen molar-refractivity contribution in [2.75, 3.05) is 11.9 Å². The van der Waals surface area contributed by atoms with Crippen LogP contribution in [0.15, 0.2) is 53.0 Å². The van der Waals surface area contributed by atoms with Crippen molar-refractivity contribution in [2.45, 2.75) is 6.92 Å². The largest absolute Gasteiger partial charge is 0.463 e. The highest BCUT2D eigenvalue weighted by Crippen LogP contribution is 2.18. The maximum absolute atomic E-state index is 13.7. The van der Waals surface area contributed by atoms with Gasteiger partial charge in [0.2, 0.25) is 0 Å². The van der Waals surface area contributed by atoms with Crippen molar-refractivity contribution in [2.24, 2.45) is 0 Å². The first-order valence-corrected chi connectivity index (χ1v) is 8.00. The zero-order valence-corrected chi connectivity index (χ0v) is 14.5. The van der Waals surface area contributed by atoms with Gasteiger partial charge in [0.1, 0.15) is 5.82 Å². The van der Waals surface area contributed by atoms with Gasteiger partial charge in [-0.3, -0.25) is 4.79 Å². The Morgan fingerprint density at radius 1 is 1.21 bits per heavy atom. The number of rotatable bonds is 5. The molecule has 0 radical (unpaired) electrons. The lowest BCUT2D eigenvalue weighted by Crippen LogP contribution is -2.13. The van der Waals surface area contributed by atoms with Crippen LogP contribution in [0.5, 0.6) is 0 Å². The van der Waals surface area contributed by atoms with Crippen LogP contribution in [0.3, 0.4) is 0 Å². The predicted octanol–water partition coefficient (Wildman–Crippen LogP) is 4.42. The minimum atomic E-state index is -0.593. The van der Waals surface area contributed by atoms with E-state index in [1.807, 2.05) is 0 Å². The van der Waals surface area contributed by atoms with Crippen molar-refractivity contribution < 1.29 is 18.7 Å². The number of ether oxygens (including phenoxy) is 1. The molecule has 4 nitrogen and oxygen atoms in total. The molecule has 0 spiro atoms. The van der Waals surface area contributed by atoms with Gasteiger partial charge in [0.05, 0.1) is 12.2 Å². The van der Waals surface area contributed by atoms with Gasteiger partial charge >= 0.3 is 5.97 Å². The first-order valence-electron chi connectivity index (χ1n) is 7.21. The minimum absolute atomic E-state index is 0.0457. The minimum Gasteiger partial charge on any atom is -0.463 e. The van der Waals surface area contributed by atoms with Crippen molar-refractivity contribution in [1.29, 1.82) is 0 Å². The Morgan fingerprint density at radius 2 is 1.92 bits per heavy atom. The molecule has 2 aromatic rings. The fourth-order valence-corrected chi connectivity index (χ4v) is 2.26. The number of amides is 1. The Bertz CT molecular complexity index is 772. The van der Waals surface area contributed by atoms with E-state index in [0.29, 0.717) is 16.8 Å². The summed E-state index contributed by atoms with van der Waals surface area (Å²) in [6.07, 6.45) is 2.94. The molecule has 0 aliphatic heterocycles.